The number of rotatable bonds is 6. The molecule has 0 bridgehead atoms. The first kappa shape index (κ1) is 16.2. The van der Waals surface area contributed by atoms with Crippen LogP contribution < -0.4 is 4.74 Å². The lowest BCUT2D eigenvalue weighted by Crippen LogP contribution is -1.99. The fraction of sp³-hybridized carbons (Fsp3) is 0.176. The lowest BCUT2D eigenvalue weighted by Gasteiger charge is -2.10. The van der Waals surface area contributed by atoms with Crippen molar-refractivity contribution in [2.75, 3.05) is 11.9 Å². The van der Waals surface area contributed by atoms with Gasteiger partial charge >= 0.3 is 0 Å². The Bertz CT molecular complexity index is 623. The maximum Gasteiger partial charge on any atom is 0.134 e. The Morgan fingerprint density at radius 2 is 1.86 bits per heavy atom. The van der Waals surface area contributed by atoms with E-state index < -0.39 is 0 Å². The molecule has 0 saturated heterocycles. The van der Waals surface area contributed by atoms with Gasteiger partial charge in [-0.15, -0.1) is 0 Å². The number of ether oxygens (including phenoxy) is 1. The van der Waals surface area contributed by atoms with E-state index in [2.05, 4.69) is 38.4 Å². The minimum atomic E-state index is -0.320. The SMILES string of the molecule is C=C(c1ccc(Br)cc1)c1ccc(OCCCBr)cc1F. The van der Waals surface area contributed by atoms with Crippen molar-refractivity contribution >= 4 is 37.4 Å². The van der Waals surface area contributed by atoms with Gasteiger partial charge in [0.1, 0.15) is 11.6 Å². The summed E-state index contributed by atoms with van der Waals surface area (Å²) in [6, 6.07) is 12.5. The zero-order valence-corrected chi connectivity index (χ0v) is 14.6. The fourth-order valence-corrected chi connectivity index (χ4v) is 2.37. The third-order valence-electron chi connectivity index (χ3n) is 3.01. The predicted molar refractivity (Wildman–Crippen MR) is 92.6 cm³/mol. The molecule has 0 aliphatic carbocycles. The smallest absolute Gasteiger partial charge is 0.134 e. The van der Waals surface area contributed by atoms with Gasteiger partial charge in [-0.25, -0.2) is 4.39 Å². The van der Waals surface area contributed by atoms with Crippen LogP contribution in [-0.4, -0.2) is 11.9 Å². The van der Waals surface area contributed by atoms with E-state index >= 15 is 0 Å². The molecule has 2 aromatic carbocycles. The summed E-state index contributed by atoms with van der Waals surface area (Å²) in [5.74, 6) is 0.222. The summed E-state index contributed by atoms with van der Waals surface area (Å²) in [5.41, 5.74) is 2.04. The van der Waals surface area contributed by atoms with Crippen LogP contribution in [0.3, 0.4) is 0 Å². The summed E-state index contributed by atoms with van der Waals surface area (Å²) in [6.45, 7) is 4.56. The van der Waals surface area contributed by atoms with Gasteiger partial charge in [0.25, 0.3) is 0 Å². The Morgan fingerprint density at radius 1 is 1.14 bits per heavy atom. The van der Waals surface area contributed by atoms with Gasteiger partial charge in [-0.3, -0.25) is 0 Å². The quantitative estimate of drug-likeness (QED) is 0.428. The third-order valence-corrected chi connectivity index (χ3v) is 4.09. The van der Waals surface area contributed by atoms with Crippen molar-refractivity contribution in [3.8, 4) is 5.75 Å². The van der Waals surface area contributed by atoms with Gasteiger partial charge in [0.2, 0.25) is 0 Å². The second-order valence-corrected chi connectivity index (χ2v) is 6.23. The van der Waals surface area contributed by atoms with E-state index in [0.29, 0.717) is 23.5 Å². The third kappa shape index (κ3) is 4.42. The van der Waals surface area contributed by atoms with E-state index in [0.717, 1.165) is 21.8 Å². The highest BCUT2D eigenvalue weighted by atomic mass is 79.9. The second kappa shape index (κ2) is 7.76. The molecule has 0 N–H and O–H groups in total. The normalized spacial score (nSPS) is 10.4. The number of alkyl halides is 1. The van der Waals surface area contributed by atoms with Crippen molar-refractivity contribution in [1.29, 1.82) is 0 Å². The summed E-state index contributed by atoms with van der Waals surface area (Å²) >= 11 is 6.71. The van der Waals surface area contributed by atoms with Crippen molar-refractivity contribution in [3.05, 3.63) is 70.5 Å². The van der Waals surface area contributed by atoms with Crippen LogP contribution >= 0.6 is 31.9 Å². The minimum absolute atomic E-state index is 0.320. The van der Waals surface area contributed by atoms with E-state index in [1.807, 2.05) is 24.3 Å². The van der Waals surface area contributed by atoms with Crippen LogP contribution in [0.15, 0.2) is 53.5 Å². The lowest BCUT2D eigenvalue weighted by atomic mass is 9.99. The molecule has 0 radical (unpaired) electrons. The average Bonchev–Trinajstić information content (AvgIpc) is 2.48. The van der Waals surface area contributed by atoms with Crippen molar-refractivity contribution in [3.63, 3.8) is 0 Å². The Balaban J connectivity index is 2.16. The molecule has 0 spiro atoms. The monoisotopic (exact) mass is 412 g/mol. The summed E-state index contributed by atoms with van der Waals surface area (Å²) in [7, 11) is 0. The van der Waals surface area contributed by atoms with Gasteiger partial charge in [-0.1, -0.05) is 50.6 Å². The Kier molecular flexibility index (Phi) is 6.00. The van der Waals surface area contributed by atoms with E-state index in [1.165, 1.54) is 6.07 Å². The molecule has 0 aliphatic rings. The molecule has 0 fully saturated rings. The van der Waals surface area contributed by atoms with E-state index in [1.54, 1.807) is 12.1 Å². The Hall–Kier alpha value is -1.13. The van der Waals surface area contributed by atoms with Gasteiger partial charge in [0, 0.05) is 21.4 Å². The van der Waals surface area contributed by atoms with Gasteiger partial charge in [-0.2, -0.15) is 0 Å². The van der Waals surface area contributed by atoms with Crippen molar-refractivity contribution < 1.29 is 9.13 Å². The number of halogens is 3. The zero-order chi connectivity index (χ0) is 15.2. The summed E-state index contributed by atoms with van der Waals surface area (Å²) in [5, 5.41) is 0.869. The highest BCUT2D eigenvalue weighted by Crippen LogP contribution is 2.27. The molecule has 0 heterocycles. The van der Waals surface area contributed by atoms with Gasteiger partial charge in [-0.05, 0) is 41.8 Å². The number of hydrogen-bond acceptors (Lipinski definition) is 1. The fourth-order valence-electron chi connectivity index (χ4n) is 1.88. The average molecular weight is 414 g/mol. The molecular weight excluding hydrogens is 399 g/mol. The molecule has 0 amide bonds. The zero-order valence-electron chi connectivity index (χ0n) is 11.4. The van der Waals surface area contributed by atoms with Crippen LogP contribution in [0.4, 0.5) is 4.39 Å². The van der Waals surface area contributed by atoms with Crippen LogP contribution in [0.2, 0.25) is 0 Å². The van der Waals surface area contributed by atoms with Crippen molar-refractivity contribution in [2.45, 2.75) is 6.42 Å². The van der Waals surface area contributed by atoms with E-state index in [-0.39, 0.29) is 5.82 Å². The van der Waals surface area contributed by atoms with Gasteiger partial charge in [0.15, 0.2) is 0 Å². The molecule has 2 aromatic rings. The molecule has 0 aromatic heterocycles. The largest absolute Gasteiger partial charge is 0.493 e. The molecule has 2 rings (SSSR count). The first-order valence-electron chi connectivity index (χ1n) is 6.55. The van der Waals surface area contributed by atoms with E-state index in [4.69, 9.17) is 4.74 Å². The minimum Gasteiger partial charge on any atom is -0.493 e. The van der Waals surface area contributed by atoms with Gasteiger partial charge in [0.05, 0.1) is 6.61 Å². The molecular formula is C17H15Br2FO. The maximum atomic E-state index is 14.2. The predicted octanol–water partition coefficient (Wildman–Crippen LogP) is 5.81. The molecule has 110 valence electrons. The highest BCUT2D eigenvalue weighted by Gasteiger charge is 2.09. The topological polar surface area (TPSA) is 9.23 Å². The highest BCUT2D eigenvalue weighted by molar-refractivity contribution is 9.10. The van der Waals surface area contributed by atoms with E-state index in [9.17, 15) is 4.39 Å². The number of hydrogen-bond donors (Lipinski definition) is 0. The van der Waals surface area contributed by atoms with Crippen molar-refractivity contribution in [1.82, 2.24) is 0 Å². The molecule has 0 atom stereocenters. The lowest BCUT2D eigenvalue weighted by molar-refractivity contribution is 0.317. The van der Waals surface area contributed by atoms with Crippen LogP contribution in [0.5, 0.6) is 5.75 Å². The van der Waals surface area contributed by atoms with Crippen LogP contribution in [0.25, 0.3) is 5.57 Å². The molecule has 0 saturated carbocycles. The second-order valence-electron chi connectivity index (χ2n) is 4.52. The summed E-state index contributed by atoms with van der Waals surface area (Å²) in [6.07, 6.45) is 0.884. The van der Waals surface area contributed by atoms with Crippen LogP contribution in [-0.2, 0) is 0 Å². The molecule has 0 unspecified atom stereocenters. The summed E-state index contributed by atoms with van der Waals surface area (Å²) < 4.78 is 20.7. The standard InChI is InChI=1S/C17H15Br2FO/c1-12(13-3-5-14(19)6-4-13)16-8-7-15(11-17(16)20)21-10-2-9-18/h3-8,11H,1-2,9-10H2. The molecule has 4 heteroatoms. The molecule has 1 nitrogen and oxygen atoms in total. The van der Waals surface area contributed by atoms with Crippen LogP contribution in [0.1, 0.15) is 17.5 Å². The first-order valence-corrected chi connectivity index (χ1v) is 8.47. The maximum absolute atomic E-state index is 14.2. The number of benzene rings is 2. The summed E-state index contributed by atoms with van der Waals surface area (Å²) in [4.78, 5) is 0. The van der Waals surface area contributed by atoms with Crippen LogP contribution in [0, 0.1) is 5.82 Å². The first-order chi connectivity index (χ1) is 10.1. The van der Waals surface area contributed by atoms with Crippen molar-refractivity contribution in [2.24, 2.45) is 0 Å². The Morgan fingerprint density at radius 3 is 2.48 bits per heavy atom. The Labute approximate surface area is 141 Å². The molecule has 0 aliphatic heterocycles. The van der Waals surface area contributed by atoms with Gasteiger partial charge < -0.3 is 4.74 Å². The molecule has 21 heavy (non-hydrogen) atoms.